The molecule has 0 unspecified atom stereocenters. The summed E-state index contributed by atoms with van der Waals surface area (Å²) in [6.45, 7) is 1.80. The van der Waals surface area contributed by atoms with Gasteiger partial charge in [-0.2, -0.15) is 0 Å². The molecule has 1 aliphatic carbocycles. The molecule has 0 saturated carbocycles. The van der Waals surface area contributed by atoms with Gasteiger partial charge in [0.2, 0.25) is 5.91 Å². The molecule has 20 heavy (non-hydrogen) atoms. The van der Waals surface area contributed by atoms with Gasteiger partial charge in [0.25, 0.3) is 5.69 Å². The molecule has 0 N–H and O–H groups in total. The molecular weight excluding hydrogens is 258 g/mol. The summed E-state index contributed by atoms with van der Waals surface area (Å²) in [7, 11) is 1.71. The van der Waals surface area contributed by atoms with Crippen LogP contribution in [0.25, 0.3) is 0 Å². The zero-order valence-corrected chi connectivity index (χ0v) is 11.4. The van der Waals surface area contributed by atoms with Crippen LogP contribution >= 0.6 is 0 Å². The number of aryl methyl sites for hydroxylation is 1. The first-order valence-corrected chi connectivity index (χ1v) is 6.54. The van der Waals surface area contributed by atoms with E-state index in [9.17, 15) is 14.9 Å². The van der Waals surface area contributed by atoms with Gasteiger partial charge >= 0.3 is 0 Å². The van der Waals surface area contributed by atoms with Gasteiger partial charge in [0.1, 0.15) is 5.84 Å². The van der Waals surface area contributed by atoms with Crippen LogP contribution in [0, 0.1) is 10.1 Å². The molecule has 2 aliphatic rings. The molecule has 6 nitrogen and oxygen atoms in total. The predicted molar refractivity (Wildman–Crippen MR) is 73.6 cm³/mol. The Labute approximate surface area is 116 Å². The van der Waals surface area contributed by atoms with Crippen molar-refractivity contribution in [3.05, 3.63) is 39.4 Å². The number of amidine groups is 1. The Morgan fingerprint density at radius 1 is 1.45 bits per heavy atom. The van der Waals surface area contributed by atoms with Crippen molar-refractivity contribution >= 4 is 17.4 Å². The summed E-state index contributed by atoms with van der Waals surface area (Å²) < 4.78 is 0. The maximum absolute atomic E-state index is 12.1. The highest BCUT2D eigenvalue weighted by Crippen LogP contribution is 2.46. The van der Waals surface area contributed by atoms with Gasteiger partial charge in [-0.15, -0.1) is 0 Å². The van der Waals surface area contributed by atoms with Gasteiger partial charge in [0, 0.05) is 19.2 Å². The SMILES string of the molecule is CC1=N[C@@]2(CCc3ccc([N+](=O)[O-])cc32)CC(=O)N1C. The predicted octanol–water partition coefficient (Wildman–Crippen LogP) is 2.02. The number of carbonyl (C=O) groups excluding carboxylic acids is 1. The Kier molecular flexibility index (Phi) is 2.64. The van der Waals surface area contributed by atoms with E-state index in [0.717, 1.165) is 24.0 Å². The number of nitro benzene ring substituents is 1. The third-order valence-electron chi connectivity index (χ3n) is 4.29. The van der Waals surface area contributed by atoms with E-state index in [1.165, 1.54) is 6.07 Å². The molecule has 1 aromatic rings. The zero-order valence-electron chi connectivity index (χ0n) is 11.4. The summed E-state index contributed by atoms with van der Waals surface area (Å²) in [4.78, 5) is 28.9. The van der Waals surface area contributed by atoms with Crippen molar-refractivity contribution in [1.29, 1.82) is 0 Å². The number of nitro groups is 1. The van der Waals surface area contributed by atoms with Crippen LogP contribution in [0.4, 0.5) is 5.69 Å². The van der Waals surface area contributed by atoms with Crippen molar-refractivity contribution in [3.63, 3.8) is 0 Å². The normalized spacial score (nSPS) is 24.8. The summed E-state index contributed by atoms with van der Waals surface area (Å²) in [5, 5.41) is 10.9. The second-order valence-electron chi connectivity index (χ2n) is 5.42. The van der Waals surface area contributed by atoms with Gasteiger partial charge in [-0.1, -0.05) is 6.07 Å². The van der Waals surface area contributed by atoms with Crippen LogP contribution in [-0.4, -0.2) is 28.6 Å². The number of nitrogens with zero attached hydrogens (tertiary/aromatic N) is 3. The molecule has 0 saturated heterocycles. The molecule has 6 heteroatoms. The van der Waals surface area contributed by atoms with Gasteiger partial charge in [0.15, 0.2) is 0 Å². The molecule has 1 aromatic carbocycles. The van der Waals surface area contributed by atoms with Crippen molar-refractivity contribution < 1.29 is 9.72 Å². The summed E-state index contributed by atoms with van der Waals surface area (Å²) in [5.74, 6) is 0.678. The molecule has 1 spiro atoms. The molecule has 1 aliphatic heterocycles. The first-order chi connectivity index (χ1) is 9.43. The number of hydrogen-bond donors (Lipinski definition) is 0. The first-order valence-electron chi connectivity index (χ1n) is 6.54. The monoisotopic (exact) mass is 273 g/mol. The average Bonchev–Trinajstić information content (AvgIpc) is 2.74. The lowest BCUT2D eigenvalue weighted by Gasteiger charge is -2.34. The molecule has 0 radical (unpaired) electrons. The molecule has 3 rings (SSSR count). The number of non-ortho nitro benzene ring substituents is 1. The molecule has 0 bridgehead atoms. The van der Waals surface area contributed by atoms with Crippen LogP contribution < -0.4 is 0 Å². The van der Waals surface area contributed by atoms with Crippen LogP contribution in [0.2, 0.25) is 0 Å². The Bertz CT molecular complexity index is 653. The first kappa shape index (κ1) is 12.8. The van der Waals surface area contributed by atoms with Crippen molar-refractivity contribution in [2.24, 2.45) is 4.99 Å². The van der Waals surface area contributed by atoms with Crippen molar-refractivity contribution in [2.75, 3.05) is 7.05 Å². The number of fused-ring (bicyclic) bond motifs is 2. The van der Waals surface area contributed by atoms with Crippen molar-refractivity contribution in [1.82, 2.24) is 4.90 Å². The van der Waals surface area contributed by atoms with Gasteiger partial charge in [0.05, 0.1) is 16.9 Å². The van der Waals surface area contributed by atoms with E-state index in [1.807, 2.05) is 0 Å². The van der Waals surface area contributed by atoms with Crippen LogP contribution in [0.5, 0.6) is 0 Å². The van der Waals surface area contributed by atoms with Crippen molar-refractivity contribution in [2.45, 2.75) is 31.7 Å². The van der Waals surface area contributed by atoms with Crippen LogP contribution in [0.15, 0.2) is 23.2 Å². The second-order valence-corrected chi connectivity index (χ2v) is 5.42. The third-order valence-corrected chi connectivity index (χ3v) is 4.29. The Morgan fingerprint density at radius 2 is 2.20 bits per heavy atom. The zero-order chi connectivity index (χ0) is 14.5. The second kappa shape index (κ2) is 4.13. The molecule has 104 valence electrons. The van der Waals surface area contributed by atoms with E-state index < -0.39 is 10.5 Å². The Morgan fingerprint density at radius 3 is 2.85 bits per heavy atom. The fourth-order valence-electron chi connectivity index (χ4n) is 3.08. The fraction of sp³-hybridized carbons (Fsp3) is 0.429. The Hall–Kier alpha value is -2.24. The van der Waals surface area contributed by atoms with Crippen LogP contribution in [0.3, 0.4) is 0 Å². The maximum atomic E-state index is 12.1. The van der Waals surface area contributed by atoms with E-state index in [0.29, 0.717) is 5.84 Å². The summed E-state index contributed by atoms with van der Waals surface area (Å²) >= 11 is 0. The van der Waals surface area contributed by atoms with E-state index in [4.69, 9.17) is 0 Å². The fourth-order valence-corrected chi connectivity index (χ4v) is 3.08. The number of amides is 1. The van der Waals surface area contributed by atoms with E-state index >= 15 is 0 Å². The smallest absolute Gasteiger partial charge is 0.269 e. The van der Waals surface area contributed by atoms with Crippen LogP contribution in [-0.2, 0) is 16.8 Å². The minimum absolute atomic E-state index is 0.0110. The third kappa shape index (κ3) is 1.71. The number of rotatable bonds is 1. The molecular formula is C14H15N3O3. The highest BCUT2D eigenvalue weighted by molar-refractivity contribution is 5.99. The van der Waals surface area contributed by atoms with E-state index in [2.05, 4.69) is 4.99 Å². The van der Waals surface area contributed by atoms with Crippen LogP contribution in [0.1, 0.15) is 30.9 Å². The molecule has 1 amide bonds. The van der Waals surface area contributed by atoms with Gasteiger partial charge in [-0.3, -0.25) is 19.9 Å². The van der Waals surface area contributed by atoms with Gasteiger partial charge in [-0.25, -0.2) is 0 Å². The van der Waals surface area contributed by atoms with Gasteiger partial charge in [-0.05, 0) is 30.9 Å². The standard InChI is InChI=1S/C14H15N3O3/c1-9-15-14(8-13(18)16(9)2)6-5-10-3-4-11(17(19)20)7-12(10)14/h3-4,7H,5-6,8H2,1-2H3/t14-/m0/s1. The summed E-state index contributed by atoms with van der Waals surface area (Å²) in [6.07, 6.45) is 1.83. The number of aliphatic imine (C=N–C) groups is 1. The van der Waals surface area contributed by atoms with Crippen molar-refractivity contribution in [3.8, 4) is 0 Å². The number of hydrogen-bond acceptors (Lipinski definition) is 4. The topological polar surface area (TPSA) is 75.8 Å². The minimum Gasteiger partial charge on any atom is -0.304 e. The lowest BCUT2D eigenvalue weighted by atomic mass is 9.86. The lowest BCUT2D eigenvalue weighted by molar-refractivity contribution is -0.385. The quantitative estimate of drug-likeness (QED) is 0.580. The summed E-state index contributed by atoms with van der Waals surface area (Å²) in [5.41, 5.74) is 1.36. The largest absolute Gasteiger partial charge is 0.304 e. The van der Waals surface area contributed by atoms with E-state index in [1.54, 1.807) is 31.0 Å². The molecule has 1 heterocycles. The maximum Gasteiger partial charge on any atom is 0.269 e. The van der Waals surface area contributed by atoms with Gasteiger partial charge < -0.3 is 4.90 Å². The number of carbonyl (C=O) groups is 1. The highest BCUT2D eigenvalue weighted by atomic mass is 16.6. The molecule has 0 fully saturated rings. The number of benzene rings is 1. The average molecular weight is 273 g/mol. The molecule has 1 atom stereocenters. The molecule has 0 aromatic heterocycles. The lowest BCUT2D eigenvalue weighted by Crippen LogP contribution is -2.43. The highest BCUT2D eigenvalue weighted by Gasteiger charge is 2.44. The minimum atomic E-state index is -0.602. The Balaban J connectivity index is 2.14. The van der Waals surface area contributed by atoms with E-state index in [-0.39, 0.29) is 18.0 Å². The summed E-state index contributed by atoms with van der Waals surface area (Å²) in [6, 6.07) is 4.89.